The summed E-state index contributed by atoms with van der Waals surface area (Å²) in [4.78, 5) is 18.0. The van der Waals surface area contributed by atoms with E-state index < -0.39 is 5.97 Å². The topological polar surface area (TPSA) is 58.4 Å². The molecular weight excluding hydrogens is 338 g/mol. The molecule has 0 radical (unpaired) electrons. The van der Waals surface area contributed by atoms with Gasteiger partial charge in [-0.2, -0.15) is 0 Å². The molecular formula is C22H23N3O2. The highest BCUT2D eigenvalue weighted by molar-refractivity contribution is 5.87. The third-order valence-electron chi connectivity index (χ3n) is 5.16. The van der Waals surface area contributed by atoms with Crippen LogP contribution in [0, 0.1) is 0 Å². The summed E-state index contributed by atoms with van der Waals surface area (Å²) in [5, 5.41) is 9.00. The van der Waals surface area contributed by atoms with Gasteiger partial charge in [0.15, 0.2) is 0 Å². The summed E-state index contributed by atoms with van der Waals surface area (Å²) in [6, 6.07) is 17.7. The molecule has 0 amide bonds. The Hall–Kier alpha value is -2.92. The van der Waals surface area contributed by atoms with Gasteiger partial charge in [0, 0.05) is 38.3 Å². The Kier molecular flexibility index (Phi) is 5.03. The summed E-state index contributed by atoms with van der Waals surface area (Å²) in [5.41, 5.74) is 5.32. The number of carbonyl (C=O) groups is 1. The van der Waals surface area contributed by atoms with Gasteiger partial charge >= 0.3 is 5.97 Å². The van der Waals surface area contributed by atoms with E-state index >= 15 is 0 Å². The molecule has 0 aliphatic carbocycles. The number of aromatic carboxylic acids is 1. The zero-order chi connectivity index (χ0) is 18.6. The van der Waals surface area contributed by atoms with Gasteiger partial charge in [-0.1, -0.05) is 42.5 Å². The minimum Gasteiger partial charge on any atom is -0.478 e. The maximum absolute atomic E-state index is 11.0. The van der Waals surface area contributed by atoms with Crippen molar-refractivity contribution in [2.75, 3.05) is 6.54 Å². The lowest BCUT2D eigenvalue weighted by atomic mass is 10.1. The molecule has 0 unspecified atom stereocenters. The molecule has 0 spiro atoms. The first-order chi connectivity index (χ1) is 13.2. The number of benzene rings is 2. The van der Waals surface area contributed by atoms with Gasteiger partial charge in [-0.05, 0) is 29.7 Å². The van der Waals surface area contributed by atoms with Crippen molar-refractivity contribution in [2.24, 2.45) is 0 Å². The van der Waals surface area contributed by atoms with Crippen LogP contribution in [0.5, 0.6) is 0 Å². The van der Waals surface area contributed by atoms with Gasteiger partial charge in [-0.15, -0.1) is 0 Å². The second-order valence-electron chi connectivity index (χ2n) is 7.03. The number of nitrogens with zero attached hydrogens (tertiary/aromatic N) is 3. The number of hydrogen-bond acceptors (Lipinski definition) is 3. The second kappa shape index (κ2) is 7.76. The first kappa shape index (κ1) is 17.5. The monoisotopic (exact) mass is 361 g/mol. The molecule has 1 aromatic heterocycles. The van der Waals surface area contributed by atoms with Crippen LogP contribution in [-0.4, -0.2) is 32.1 Å². The second-order valence-corrected chi connectivity index (χ2v) is 7.03. The molecule has 2 heterocycles. The molecule has 0 atom stereocenters. The first-order valence-electron chi connectivity index (χ1n) is 9.30. The molecule has 138 valence electrons. The van der Waals surface area contributed by atoms with Crippen molar-refractivity contribution in [3.63, 3.8) is 0 Å². The van der Waals surface area contributed by atoms with Crippen LogP contribution in [0.4, 0.5) is 0 Å². The molecule has 2 aromatic carbocycles. The van der Waals surface area contributed by atoms with E-state index in [2.05, 4.69) is 38.7 Å². The molecule has 1 N–H and O–H groups in total. The molecule has 5 heteroatoms. The maximum atomic E-state index is 11.0. The van der Waals surface area contributed by atoms with Crippen molar-refractivity contribution in [3.8, 4) is 0 Å². The van der Waals surface area contributed by atoms with Crippen LogP contribution < -0.4 is 0 Å². The fourth-order valence-electron chi connectivity index (χ4n) is 3.66. The molecule has 0 bridgehead atoms. The lowest BCUT2D eigenvalue weighted by Gasteiger charge is -2.27. The van der Waals surface area contributed by atoms with Gasteiger partial charge in [-0.25, -0.2) is 9.78 Å². The number of aryl methyl sites for hydroxylation is 2. The van der Waals surface area contributed by atoms with E-state index in [0.29, 0.717) is 5.56 Å². The Morgan fingerprint density at radius 3 is 2.56 bits per heavy atom. The normalized spacial score (nSPS) is 14.1. The average molecular weight is 361 g/mol. The van der Waals surface area contributed by atoms with Crippen molar-refractivity contribution in [2.45, 2.75) is 32.5 Å². The molecule has 3 aromatic rings. The Balaban J connectivity index is 1.37. The van der Waals surface area contributed by atoms with Crippen LogP contribution in [0.1, 0.15) is 32.9 Å². The lowest BCUT2D eigenvalue weighted by Crippen LogP contribution is -2.31. The summed E-state index contributed by atoms with van der Waals surface area (Å²) < 4.78 is 2.29. The minimum atomic E-state index is -0.884. The average Bonchev–Trinajstić information content (AvgIpc) is 3.10. The number of rotatable bonds is 6. The number of imidazole rings is 1. The molecule has 0 saturated carbocycles. The minimum absolute atomic E-state index is 0.330. The van der Waals surface area contributed by atoms with E-state index in [1.54, 1.807) is 12.1 Å². The highest BCUT2D eigenvalue weighted by atomic mass is 16.4. The summed E-state index contributed by atoms with van der Waals surface area (Å²) in [6.07, 6.45) is 3.99. The molecule has 1 aliphatic heterocycles. The van der Waals surface area contributed by atoms with Gasteiger partial charge in [-0.3, -0.25) is 4.90 Å². The van der Waals surface area contributed by atoms with Crippen LogP contribution in [0.25, 0.3) is 0 Å². The Morgan fingerprint density at radius 1 is 1.04 bits per heavy atom. The Labute approximate surface area is 158 Å². The number of carboxylic acid groups (broad SMARTS) is 1. The number of fused-ring (bicyclic) bond motifs is 1. The standard InChI is InChI=1S/C22H23N3O2/c26-22(27)19-8-6-18(7-9-19)14-24-12-11-21-20(15-24)23-16-25(21)13-10-17-4-2-1-3-5-17/h1-9,16H,10-15H2,(H,26,27). The molecule has 5 nitrogen and oxygen atoms in total. The van der Waals surface area contributed by atoms with Crippen LogP contribution in [0.15, 0.2) is 60.9 Å². The molecule has 1 aliphatic rings. The summed E-state index contributed by atoms with van der Waals surface area (Å²) in [6.45, 7) is 3.61. The van der Waals surface area contributed by atoms with E-state index in [1.807, 2.05) is 24.5 Å². The zero-order valence-electron chi connectivity index (χ0n) is 15.2. The number of carboxylic acids is 1. The van der Waals surface area contributed by atoms with Crippen molar-refractivity contribution in [1.82, 2.24) is 14.5 Å². The third kappa shape index (κ3) is 4.09. The van der Waals surface area contributed by atoms with Gasteiger partial charge in [0.1, 0.15) is 0 Å². The summed E-state index contributed by atoms with van der Waals surface area (Å²) in [7, 11) is 0. The van der Waals surface area contributed by atoms with E-state index in [1.165, 1.54) is 11.3 Å². The van der Waals surface area contributed by atoms with Crippen molar-refractivity contribution >= 4 is 5.97 Å². The number of aromatic nitrogens is 2. The van der Waals surface area contributed by atoms with E-state index in [9.17, 15) is 4.79 Å². The van der Waals surface area contributed by atoms with Crippen LogP contribution in [0.3, 0.4) is 0 Å². The van der Waals surface area contributed by atoms with Crippen molar-refractivity contribution in [1.29, 1.82) is 0 Å². The SMILES string of the molecule is O=C(O)c1ccc(CN2CCc3c(ncn3CCc3ccccc3)C2)cc1. The predicted octanol–water partition coefficient (Wildman–Crippen LogP) is 3.38. The quantitative estimate of drug-likeness (QED) is 0.731. The van der Waals surface area contributed by atoms with Crippen molar-refractivity contribution in [3.05, 3.63) is 89.0 Å². The predicted molar refractivity (Wildman–Crippen MR) is 104 cm³/mol. The lowest BCUT2D eigenvalue weighted by molar-refractivity contribution is 0.0697. The Bertz CT molecular complexity index is 916. The highest BCUT2D eigenvalue weighted by Gasteiger charge is 2.21. The van der Waals surface area contributed by atoms with Gasteiger partial charge in [0.05, 0.1) is 17.6 Å². The summed E-state index contributed by atoms with van der Waals surface area (Å²) >= 11 is 0. The van der Waals surface area contributed by atoms with Crippen LogP contribution >= 0.6 is 0 Å². The van der Waals surface area contributed by atoms with Gasteiger partial charge in [0.2, 0.25) is 0 Å². The fraction of sp³-hybridized carbons (Fsp3) is 0.273. The molecule has 0 saturated heterocycles. The van der Waals surface area contributed by atoms with Crippen molar-refractivity contribution < 1.29 is 9.90 Å². The maximum Gasteiger partial charge on any atom is 0.335 e. The summed E-state index contributed by atoms with van der Waals surface area (Å²) in [5.74, 6) is -0.884. The fourth-order valence-corrected chi connectivity index (χ4v) is 3.66. The molecule has 4 rings (SSSR count). The molecule has 27 heavy (non-hydrogen) atoms. The Morgan fingerprint density at radius 2 is 1.81 bits per heavy atom. The third-order valence-corrected chi connectivity index (χ3v) is 5.16. The van der Waals surface area contributed by atoms with Gasteiger partial charge in [0.25, 0.3) is 0 Å². The van der Waals surface area contributed by atoms with Crippen LogP contribution in [0.2, 0.25) is 0 Å². The largest absolute Gasteiger partial charge is 0.478 e. The van der Waals surface area contributed by atoms with E-state index in [-0.39, 0.29) is 0 Å². The van der Waals surface area contributed by atoms with Gasteiger partial charge < -0.3 is 9.67 Å². The number of hydrogen-bond donors (Lipinski definition) is 1. The molecule has 0 fully saturated rings. The van der Waals surface area contributed by atoms with E-state index in [4.69, 9.17) is 5.11 Å². The first-order valence-corrected chi connectivity index (χ1v) is 9.30. The highest BCUT2D eigenvalue weighted by Crippen LogP contribution is 2.20. The van der Waals surface area contributed by atoms with Crippen LogP contribution in [-0.2, 0) is 32.5 Å². The zero-order valence-corrected chi connectivity index (χ0v) is 15.2. The smallest absolute Gasteiger partial charge is 0.335 e. The van der Waals surface area contributed by atoms with E-state index in [0.717, 1.165) is 50.3 Å².